The van der Waals surface area contributed by atoms with Crippen LogP contribution in [0.3, 0.4) is 0 Å². The van der Waals surface area contributed by atoms with Gasteiger partial charge < -0.3 is 5.11 Å². The van der Waals surface area contributed by atoms with Crippen molar-refractivity contribution in [1.82, 2.24) is 0 Å². The fraction of sp³-hybridized carbons (Fsp3) is 0.118. The lowest BCUT2D eigenvalue weighted by Crippen LogP contribution is -2.29. The van der Waals surface area contributed by atoms with Gasteiger partial charge in [-0.05, 0) is 23.8 Å². The molecule has 5 nitrogen and oxygen atoms in total. The third-order valence-corrected chi connectivity index (χ3v) is 3.64. The Labute approximate surface area is 126 Å². The first-order valence-corrected chi connectivity index (χ1v) is 6.86. The van der Waals surface area contributed by atoms with Gasteiger partial charge in [-0.15, -0.1) is 0 Å². The Kier molecular flexibility index (Phi) is 3.47. The predicted octanol–water partition coefficient (Wildman–Crippen LogP) is 2.71. The molecule has 1 aliphatic rings. The first-order chi connectivity index (χ1) is 10.6. The molecule has 22 heavy (non-hydrogen) atoms. The number of imide groups is 1. The van der Waals surface area contributed by atoms with Crippen LogP contribution in [0.25, 0.3) is 11.1 Å². The van der Waals surface area contributed by atoms with Crippen molar-refractivity contribution >= 4 is 23.5 Å². The lowest BCUT2D eigenvalue weighted by atomic mass is 10.0. The molecular weight excluding hydrogens is 282 g/mol. The van der Waals surface area contributed by atoms with Gasteiger partial charge in [-0.25, -0.2) is 9.69 Å². The Morgan fingerprint density at radius 2 is 1.50 bits per heavy atom. The number of anilines is 1. The van der Waals surface area contributed by atoms with E-state index < -0.39 is 5.97 Å². The van der Waals surface area contributed by atoms with E-state index in [2.05, 4.69) is 0 Å². The molecule has 0 spiro atoms. The van der Waals surface area contributed by atoms with E-state index in [1.165, 1.54) is 17.0 Å². The van der Waals surface area contributed by atoms with E-state index in [-0.39, 0.29) is 30.2 Å². The number of amides is 2. The summed E-state index contributed by atoms with van der Waals surface area (Å²) in [6.45, 7) is 0. The van der Waals surface area contributed by atoms with Crippen molar-refractivity contribution in [1.29, 1.82) is 0 Å². The number of carbonyl (C=O) groups excluding carboxylic acids is 2. The number of hydrogen-bond acceptors (Lipinski definition) is 3. The fourth-order valence-electron chi connectivity index (χ4n) is 2.55. The minimum Gasteiger partial charge on any atom is -0.478 e. The first kappa shape index (κ1) is 14.0. The molecule has 1 aliphatic heterocycles. The molecule has 0 atom stereocenters. The predicted molar refractivity (Wildman–Crippen MR) is 80.6 cm³/mol. The van der Waals surface area contributed by atoms with Gasteiger partial charge in [-0.3, -0.25) is 9.59 Å². The molecule has 2 aromatic carbocycles. The summed E-state index contributed by atoms with van der Waals surface area (Å²) >= 11 is 0. The van der Waals surface area contributed by atoms with Crippen molar-refractivity contribution in [2.75, 3.05) is 4.90 Å². The molecule has 0 aliphatic carbocycles. The maximum absolute atomic E-state index is 11.9. The summed E-state index contributed by atoms with van der Waals surface area (Å²) in [5.74, 6) is -1.41. The molecule has 1 heterocycles. The number of hydrogen-bond donors (Lipinski definition) is 1. The van der Waals surface area contributed by atoms with E-state index in [0.717, 1.165) is 11.1 Å². The zero-order valence-corrected chi connectivity index (χ0v) is 11.7. The molecule has 1 fully saturated rings. The summed E-state index contributed by atoms with van der Waals surface area (Å²) < 4.78 is 0. The maximum Gasteiger partial charge on any atom is 0.335 e. The number of carbonyl (C=O) groups is 3. The van der Waals surface area contributed by atoms with Crippen molar-refractivity contribution in [2.45, 2.75) is 12.8 Å². The van der Waals surface area contributed by atoms with Gasteiger partial charge in [0.1, 0.15) is 0 Å². The lowest BCUT2D eigenvalue weighted by Gasteiger charge is -2.18. The molecule has 2 amide bonds. The second-order valence-corrected chi connectivity index (χ2v) is 5.02. The molecule has 1 N–H and O–H groups in total. The number of rotatable bonds is 3. The molecule has 5 heteroatoms. The number of nitrogens with zero attached hydrogens (tertiary/aromatic N) is 1. The van der Waals surface area contributed by atoms with Crippen LogP contribution in [0.15, 0.2) is 48.5 Å². The summed E-state index contributed by atoms with van der Waals surface area (Å²) in [5.41, 5.74) is 2.21. The quantitative estimate of drug-likeness (QED) is 0.883. The molecule has 0 saturated carbocycles. The summed E-state index contributed by atoms with van der Waals surface area (Å²) in [6, 6.07) is 13.5. The fourth-order valence-corrected chi connectivity index (χ4v) is 2.55. The number of carboxylic acid groups (broad SMARTS) is 1. The standard InChI is InChI=1S/C17H13NO4/c19-15-9-10-16(20)18(15)14-4-2-1-3-13(14)11-5-7-12(8-6-11)17(21)22/h1-8H,9-10H2,(H,21,22). The zero-order valence-electron chi connectivity index (χ0n) is 11.7. The van der Waals surface area contributed by atoms with Crippen LogP contribution in [-0.2, 0) is 9.59 Å². The van der Waals surface area contributed by atoms with Gasteiger partial charge in [0.05, 0.1) is 11.3 Å². The minimum absolute atomic E-state index is 0.189. The average molecular weight is 295 g/mol. The number of carboxylic acids is 1. The summed E-state index contributed by atoms with van der Waals surface area (Å²) in [4.78, 5) is 36.0. The van der Waals surface area contributed by atoms with Crippen molar-refractivity contribution < 1.29 is 19.5 Å². The SMILES string of the molecule is O=C(O)c1ccc(-c2ccccc2N2C(=O)CCC2=O)cc1. The first-order valence-electron chi connectivity index (χ1n) is 6.86. The van der Waals surface area contributed by atoms with Crippen LogP contribution in [0.2, 0.25) is 0 Å². The van der Waals surface area contributed by atoms with E-state index in [0.29, 0.717) is 5.69 Å². The van der Waals surface area contributed by atoms with Gasteiger partial charge in [-0.1, -0.05) is 30.3 Å². The van der Waals surface area contributed by atoms with E-state index in [1.807, 2.05) is 12.1 Å². The van der Waals surface area contributed by atoms with Crippen LogP contribution in [0.5, 0.6) is 0 Å². The number of aromatic carboxylic acids is 1. The number of benzene rings is 2. The Hall–Kier alpha value is -2.95. The highest BCUT2D eigenvalue weighted by Crippen LogP contribution is 2.33. The van der Waals surface area contributed by atoms with Crippen LogP contribution in [0, 0.1) is 0 Å². The normalized spacial score (nSPS) is 14.5. The van der Waals surface area contributed by atoms with Crippen molar-refractivity contribution in [3.05, 3.63) is 54.1 Å². The van der Waals surface area contributed by atoms with Gasteiger partial charge in [0.25, 0.3) is 0 Å². The highest BCUT2D eigenvalue weighted by molar-refractivity contribution is 6.21. The van der Waals surface area contributed by atoms with Gasteiger partial charge in [-0.2, -0.15) is 0 Å². The third-order valence-electron chi connectivity index (χ3n) is 3.64. The van der Waals surface area contributed by atoms with Crippen molar-refractivity contribution in [2.24, 2.45) is 0 Å². The molecule has 110 valence electrons. The molecule has 0 radical (unpaired) electrons. The van der Waals surface area contributed by atoms with E-state index >= 15 is 0 Å². The van der Waals surface area contributed by atoms with Gasteiger partial charge in [0.15, 0.2) is 0 Å². The molecule has 0 bridgehead atoms. The van der Waals surface area contributed by atoms with Crippen LogP contribution in [-0.4, -0.2) is 22.9 Å². The molecule has 0 unspecified atom stereocenters. The maximum atomic E-state index is 11.9. The van der Waals surface area contributed by atoms with E-state index in [9.17, 15) is 14.4 Å². The van der Waals surface area contributed by atoms with Crippen molar-refractivity contribution in [3.8, 4) is 11.1 Å². The van der Waals surface area contributed by atoms with Crippen LogP contribution >= 0.6 is 0 Å². The minimum atomic E-state index is -0.996. The number of para-hydroxylation sites is 1. The van der Waals surface area contributed by atoms with Gasteiger partial charge >= 0.3 is 5.97 Å². The summed E-state index contributed by atoms with van der Waals surface area (Å²) in [7, 11) is 0. The molecule has 0 aromatic heterocycles. The zero-order chi connectivity index (χ0) is 15.7. The average Bonchev–Trinajstić information content (AvgIpc) is 2.86. The Balaban J connectivity index is 2.06. The van der Waals surface area contributed by atoms with Crippen molar-refractivity contribution in [3.63, 3.8) is 0 Å². The Morgan fingerprint density at radius 1 is 0.909 bits per heavy atom. The lowest BCUT2D eigenvalue weighted by molar-refractivity contribution is -0.121. The largest absolute Gasteiger partial charge is 0.478 e. The molecule has 1 saturated heterocycles. The van der Waals surface area contributed by atoms with Crippen LogP contribution < -0.4 is 4.90 Å². The Bertz CT molecular complexity index is 748. The molecule has 2 aromatic rings. The second kappa shape index (κ2) is 5.44. The summed E-state index contributed by atoms with van der Waals surface area (Å²) in [6.07, 6.45) is 0.455. The topological polar surface area (TPSA) is 74.7 Å². The molecule has 3 rings (SSSR count). The Morgan fingerprint density at radius 3 is 2.09 bits per heavy atom. The summed E-state index contributed by atoms with van der Waals surface area (Å²) in [5, 5.41) is 8.95. The van der Waals surface area contributed by atoms with E-state index in [1.54, 1.807) is 24.3 Å². The van der Waals surface area contributed by atoms with E-state index in [4.69, 9.17) is 5.11 Å². The molecular formula is C17H13NO4. The monoisotopic (exact) mass is 295 g/mol. The van der Waals surface area contributed by atoms with Crippen LogP contribution in [0.1, 0.15) is 23.2 Å². The van der Waals surface area contributed by atoms with Gasteiger partial charge in [0.2, 0.25) is 11.8 Å². The highest BCUT2D eigenvalue weighted by atomic mass is 16.4. The smallest absolute Gasteiger partial charge is 0.335 e. The van der Waals surface area contributed by atoms with Crippen LogP contribution in [0.4, 0.5) is 5.69 Å². The van der Waals surface area contributed by atoms with Gasteiger partial charge in [0, 0.05) is 18.4 Å². The highest BCUT2D eigenvalue weighted by Gasteiger charge is 2.31. The third kappa shape index (κ3) is 2.37. The second-order valence-electron chi connectivity index (χ2n) is 5.02.